The molecule has 4 aromatic rings. The van der Waals surface area contributed by atoms with Crippen molar-refractivity contribution in [1.29, 1.82) is 0 Å². The number of thiophene rings is 1. The number of aromatic nitrogens is 2. The highest BCUT2D eigenvalue weighted by atomic mass is 32.1. The van der Waals surface area contributed by atoms with E-state index in [0.29, 0.717) is 17.6 Å². The number of hydrogen-bond donors (Lipinski definition) is 1. The molecule has 1 unspecified atom stereocenters. The van der Waals surface area contributed by atoms with Gasteiger partial charge in [0.2, 0.25) is 0 Å². The average Bonchev–Trinajstić information content (AvgIpc) is 3.37. The van der Waals surface area contributed by atoms with Gasteiger partial charge < -0.3 is 5.32 Å². The maximum absolute atomic E-state index is 14.1. The van der Waals surface area contributed by atoms with E-state index in [9.17, 15) is 9.18 Å². The smallest absolute Gasteiger partial charge is 0.262 e. The molecule has 0 spiro atoms. The molecule has 162 valence electrons. The van der Waals surface area contributed by atoms with Crippen LogP contribution in [0.5, 0.6) is 0 Å². The zero-order valence-corrected chi connectivity index (χ0v) is 18.5. The summed E-state index contributed by atoms with van der Waals surface area (Å²) in [5.41, 5.74) is 4.51. The normalized spacial score (nSPS) is 18.1. The molecular weight excluding hydrogens is 421 g/mol. The van der Waals surface area contributed by atoms with Crippen LogP contribution in [0.2, 0.25) is 0 Å². The molecule has 1 atom stereocenters. The molecule has 6 heteroatoms. The molecule has 2 aliphatic rings. The van der Waals surface area contributed by atoms with Crippen LogP contribution < -0.4 is 10.9 Å². The summed E-state index contributed by atoms with van der Waals surface area (Å²) in [5, 5.41) is 4.61. The molecule has 2 aromatic heterocycles. The molecule has 6 rings (SSSR count). The van der Waals surface area contributed by atoms with Gasteiger partial charge in [-0.1, -0.05) is 42.5 Å². The quantitative estimate of drug-likeness (QED) is 0.511. The molecule has 0 fully saturated rings. The van der Waals surface area contributed by atoms with Crippen LogP contribution in [0.3, 0.4) is 0 Å². The molecule has 1 N–H and O–H groups in total. The standard InChI is InChI=1S/C26H24FN3OS/c27-22-8-4-3-7-18(22)14-30-15-28-25-24(26(30)31)21-10-9-19(13-23(21)32-25)29-20-11-16-5-1-2-6-17(16)12-20/h1-8,15,19-20,29H,9-14H2. The molecule has 0 radical (unpaired) electrons. The van der Waals surface area contributed by atoms with Gasteiger partial charge in [0.1, 0.15) is 10.6 Å². The topological polar surface area (TPSA) is 46.9 Å². The van der Waals surface area contributed by atoms with Crippen molar-refractivity contribution < 1.29 is 4.39 Å². The molecule has 4 nitrogen and oxygen atoms in total. The summed E-state index contributed by atoms with van der Waals surface area (Å²) in [6.07, 6.45) is 6.59. The van der Waals surface area contributed by atoms with Gasteiger partial charge in [-0.15, -0.1) is 11.3 Å². The second-order valence-electron chi connectivity index (χ2n) is 8.93. The van der Waals surface area contributed by atoms with Crippen molar-refractivity contribution in [3.8, 4) is 0 Å². The summed E-state index contributed by atoms with van der Waals surface area (Å²) in [6, 6.07) is 16.2. The second-order valence-corrected chi connectivity index (χ2v) is 10.0. The number of halogens is 1. The molecular formula is C26H24FN3OS. The van der Waals surface area contributed by atoms with Gasteiger partial charge in [0.15, 0.2) is 0 Å². The molecule has 0 aliphatic heterocycles. The monoisotopic (exact) mass is 445 g/mol. The van der Waals surface area contributed by atoms with Crippen molar-refractivity contribution in [2.24, 2.45) is 0 Å². The van der Waals surface area contributed by atoms with Crippen LogP contribution in [0.1, 0.15) is 33.6 Å². The fourth-order valence-corrected chi connectivity index (χ4v) is 6.53. The van der Waals surface area contributed by atoms with Gasteiger partial charge in [-0.25, -0.2) is 9.37 Å². The first kappa shape index (κ1) is 19.8. The van der Waals surface area contributed by atoms with Crippen LogP contribution in [0.15, 0.2) is 59.7 Å². The Balaban J connectivity index is 1.23. The van der Waals surface area contributed by atoms with Crippen molar-refractivity contribution in [3.63, 3.8) is 0 Å². The summed E-state index contributed by atoms with van der Waals surface area (Å²) in [5.74, 6) is -0.296. The maximum Gasteiger partial charge on any atom is 0.262 e. The van der Waals surface area contributed by atoms with Gasteiger partial charge in [-0.3, -0.25) is 9.36 Å². The summed E-state index contributed by atoms with van der Waals surface area (Å²) in [6.45, 7) is 0.200. The Morgan fingerprint density at radius 1 is 1.03 bits per heavy atom. The third-order valence-electron chi connectivity index (χ3n) is 6.86. The Morgan fingerprint density at radius 3 is 2.56 bits per heavy atom. The summed E-state index contributed by atoms with van der Waals surface area (Å²) >= 11 is 1.64. The molecule has 0 amide bonds. The zero-order chi connectivity index (χ0) is 21.7. The van der Waals surface area contributed by atoms with Gasteiger partial charge in [-0.05, 0) is 54.9 Å². The number of nitrogens with zero attached hydrogens (tertiary/aromatic N) is 2. The number of aryl methyl sites for hydroxylation is 1. The molecule has 0 bridgehead atoms. The van der Waals surface area contributed by atoms with Crippen molar-refractivity contribution >= 4 is 21.6 Å². The van der Waals surface area contributed by atoms with E-state index in [2.05, 4.69) is 34.6 Å². The second kappa shape index (κ2) is 7.94. The molecule has 2 aliphatic carbocycles. The number of nitrogens with one attached hydrogen (secondary N) is 1. The predicted octanol–water partition coefficient (Wildman–Crippen LogP) is 4.26. The Morgan fingerprint density at radius 2 is 1.78 bits per heavy atom. The van der Waals surface area contributed by atoms with E-state index in [0.717, 1.165) is 47.9 Å². The predicted molar refractivity (Wildman–Crippen MR) is 126 cm³/mol. The Bertz CT molecular complexity index is 1350. The van der Waals surface area contributed by atoms with Crippen LogP contribution in [-0.2, 0) is 32.2 Å². The lowest BCUT2D eigenvalue weighted by Gasteiger charge is -2.26. The highest BCUT2D eigenvalue weighted by Crippen LogP contribution is 2.34. The summed E-state index contributed by atoms with van der Waals surface area (Å²) < 4.78 is 15.6. The number of fused-ring (bicyclic) bond motifs is 4. The molecule has 2 heterocycles. The van der Waals surface area contributed by atoms with Crippen LogP contribution in [-0.4, -0.2) is 21.6 Å². The van der Waals surface area contributed by atoms with Crippen molar-refractivity contribution in [2.45, 2.75) is 50.7 Å². The van der Waals surface area contributed by atoms with Crippen LogP contribution in [0.25, 0.3) is 10.2 Å². The summed E-state index contributed by atoms with van der Waals surface area (Å²) in [7, 11) is 0. The van der Waals surface area contributed by atoms with E-state index >= 15 is 0 Å². The molecule has 32 heavy (non-hydrogen) atoms. The molecule has 2 aromatic carbocycles. The molecule has 0 saturated heterocycles. The van der Waals surface area contributed by atoms with Crippen LogP contribution in [0.4, 0.5) is 4.39 Å². The van der Waals surface area contributed by atoms with Crippen molar-refractivity contribution in [2.75, 3.05) is 0 Å². The van der Waals surface area contributed by atoms with Gasteiger partial charge in [0, 0.05) is 22.5 Å². The molecule has 0 saturated carbocycles. The number of benzene rings is 2. The van der Waals surface area contributed by atoms with Crippen LogP contribution >= 0.6 is 11.3 Å². The van der Waals surface area contributed by atoms with Gasteiger partial charge in [0.05, 0.1) is 18.3 Å². The maximum atomic E-state index is 14.1. The lowest BCUT2D eigenvalue weighted by Crippen LogP contribution is -2.41. The van der Waals surface area contributed by atoms with E-state index in [1.807, 2.05) is 0 Å². The van der Waals surface area contributed by atoms with E-state index < -0.39 is 0 Å². The number of rotatable bonds is 4. The van der Waals surface area contributed by atoms with E-state index in [-0.39, 0.29) is 17.9 Å². The minimum atomic E-state index is -0.296. The first-order valence-electron chi connectivity index (χ1n) is 11.2. The first-order valence-corrected chi connectivity index (χ1v) is 12.0. The van der Waals surface area contributed by atoms with Crippen LogP contribution in [0, 0.1) is 5.82 Å². The minimum Gasteiger partial charge on any atom is -0.310 e. The zero-order valence-electron chi connectivity index (χ0n) is 17.7. The average molecular weight is 446 g/mol. The first-order chi connectivity index (χ1) is 15.7. The Kier molecular flexibility index (Phi) is 4.92. The number of hydrogen-bond acceptors (Lipinski definition) is 4. The Labute approximate surface area is 189 Å². The largest absolute Gasteiger partial charge is 0.310 e. The van der Waals surface area contributed by atoms with Gasteiger partial charge in [0.25, 0.3) is 5.56 Å². The third kappa shape index (κ3) is 3.48. The highest BCUT2D eigenvalue weighted by Gasteiger charge is 2.28. The lowest BCUT2D eigenvalue weighted by molar-refractivity contribution is 0.402. The van der Waals surface area contributed by atoms with E-state index in [1.54, 1.807) is 35.9 Å². The minimum absolute atomic E-state index is 0.0617. The summed E-state index contributed by atoms with van der Waals surface area (Å²) in [4.78, 5) is 19.9. The third-order valence-corrected chi connectivity index (χ3v) is 8.02. The van der Waals surface area contributed by atoms with E-state index in [4.69, 9.17) is 0 Å². The van der Waals surface area contributed by atoms with Crippen molar-refractivity contribution in [1.82, 2.24) is 14.9 Å². The van der Waals surface area contributed by atoms with Gasteiger partial charge in [-0.2, -0.15) is 0 Å². The van der Waals surface area contributed by atoms with E-state index in [1.165, 1.54) is 26.6 Å². The fourth-order valence-electron chi connectivity index (χ4n) is 5.28. The fraction of sp³-hybridized carbons (Fsp3) is 0.308. The van der Waals surface area contributed by atoms with Crippen molar-refractivity contribution in [3.05, 3.63) is 98.2 Å². The van der Waals surface area contributed by atoms with Gasteiger partial charge >= 0.3 is 0 Å². The Hall–Kier alpha value is -2.83. The highest BCUT2D eigenvalue weighted by molar-refractivity contribution is 7.18. The lowest BCUT2D eigenvalue weighted by atomic mass is 9.92. The SMILES string of the molecule is O=c1c2c3c(sc2ncn1Cc1ccccc1F)CC(NC1Cc2ccccc2C1)CC3.